The summed E-state index contributed by atoms with van der Waals surface area (Å²) in [6.45, 7) is 1.38. The summed E-state index contributed by atoms with van der Waals surface area (Å²) >= 11 is 0. The monoisotopic (exact) mass is 368 g/mol. The van der Waals surface area contributed by atoms with Gasteiger partial charge in [0.2, 0.25) is 5.91 Å². The molecule has 0 radical (unpaired) electrons. The molecule has 0 saturated carbocycles. The molecule has 0 atom stereocenters. The highest BCUT2D eigenvalue weighted by molar-refractivity contribution is 7.92. The van der Waals surface area contributed by atoms with Crippen molar-refractivity contribution in [3.63, 3.8) is 0 Å². The number of aromatic nitrogens is 2. The third kappa shape index (κ3) is 4.22. The van der Waals surface area contributed by atoms with E-state index in [9.17, 15) is 13.2 Å². The smallest absolute Gasteiger partial charge is 0.261 e. The molecule has 2 N–H and O–H groups in total. The molecule has 7 nitrogen and oxygen atoms in total. The molecule has 2 aromatic carbocycles. The van der Waals surface area contributed by atoms with Crippen LogP contribution >= 0.6 is 0 Å². The van der Waals surface area contributed by atoms with E-state index in [1.165, 1.54) is 43.6 Å². The fraction of sp³-hybridized carbons (Fsp3) is 0.0556. The lowest BCUT2D eigenvalue weighted by atomic mass is 10.2. The number of carbonyl (C=O) groups excluding carboxylic acids is 1. The van der Waals surface area contributed by atoms with Gasteiger partial charge in [-0.25, -0.2) is 18.4 Å². The van der Waals surface area contributed by atoms with Crippen molar-refractivity contribution >= 4 is 27.3 Å². The number of rotatable bonds is 5. The number of anilines is 2. The Bertz CT molecular complexity index is 1000. The summed E-state index contributed by atoms with van der Waals surface area (Å²) in [5, 5.41) is 2.58. The van der Waals surface area contributed by atoms with E-state index in [4.69, 9.17) is 0 Å². The van der Waals surface area contributed by atoms with E-state index in [2.05, 4.69) is 20.0 Å². The van der Waals surface area contributed by atoms with Gasteiger partial charge < -0.3 is 5.32 Å². The van der Waals surface area contributed by atoms with Crippen LogP contribution in [0.2, 0.25) is 0 Å². The minimum atomic E-state index is -3.78. The van der Waals surface area contributed by atoms with Crippen molar-refractivity contribution in [2.75, 3.05) is 10.0 Å². The van der Waals surface area contributed by atoms with Gasteiger partial charge in [0.05, 0.1) is 23.0 Å². The maximum atomic E-state index is 12.4. The Morgan fingerprint density at radius 3 is 2.08 bits per heavy atom. The Morgan fingerprint density at radius 2 is 1.50 bits per heavy atom. The summed E-state index contributed by atoms with van der Waals surface area (Å²) in [5.74, 6) is 0.280. The van der Waals surface area contributed by atoms with E-state index < -0.39 is 10.0 Å². The van der Waals surface area contributed by atoms with Gasteiger partial charge in [-0.3, -0.25) is 9.52 Å². The maximum Gasteiger partial charge on any atom is 0.261 e. The Labute approximate surface area is 151 Å². The molecule has 3 aromatic rings. The molecule has 132 valence electrons. The van der Waals surface area contributed by atoms with Gasteiger partial charge in [-0.2, -0.15) is 0 Å². The minimum Gasteiger partial charge on any atom is -0.326 e. The predicted octanol–water partition coefficient (Wildman–Crippen LogP) is 2.90. The molecule has 0 aliphatic rings. The largest absolute Gasteiger partial charge is 0.326 e. The number of hydrogen-bond acceptors (Lipinski definition) is 5. The fourth-order valence-corrected chi connectivity index (χ4v) is 3.28. The second-order valence-corrected chi connectivity index (χ2v) is 7.15. The van der Waals surface area contributed by atoms with Crippen molar-refractivity contribution in [2.24, 2.45) is 0 Å². The van der Waals surface area contributed by atoms with Crippen LogP contribution < -0.4 is 10.0 Å². The number of benzene rings is 2. The van der Waals surface area contributed by atoms with E-state index in [1.807, 2.05) is 30.3 Å². The van der Waals surface area contributed by atoms with E-state index in [-0.39, 0.29) is 16.5 Å². The average molecular weight is 368 g/mol. The third-order valence-corrected chi connectivity index (χ3v) is 4.82. The van der Waals surface area contributed by atoms with Gasteiger partial charge in [0.15, 0.2) is 5.82 Å². The minimum absolute atomic E-state index is 0.0683. The van der Waals surface area contributed by atoms with Gasteiger partial charge in [-0.05, 0) is 24.3 Å². The lowest BCUT2D eigenvalue weighted by Crippen LogP contribution is -2.13. The van der Waals surface area contributed by atoms with Crippen LogP contribution in [-0.4, -0.2) is 24.3 Å². The molecular weight excluding hydrogens is 352 g/mol. The van der Waals surface area contributed by atoms with E-state index in [0.717, 1.165) is 5.56 Å². The molecule has 26 heavy (non-hydrogen) atoms. The highest BCUT2D eigenvalue weighted by Gasteiger charge is 2.15. The Hall–Kier alpha value is -3.26. The average Bonchev–Trinajstić information content (AvgIpc) is 2.63. The van der Waals surface area contributed by atoms with E-state index >= 15 is 0 Å². The molecular formula is C18H16N4O3S. The first-order valence-electron chi connectivity index (χ1n) is 7.72. The van der Waals surface area contributed by atoms with Crippen LogP contribution in [0.15, 0.2) is 71.9 Å². The molecule has 1 heterocycles. The van der Waals surface area contributed by atoms with Gasteiger partial charge in [0.25, 0.3) is 10.0 Å². The normalized spacial score (nSPS) is 11.0. The molecule has 0 saturated heterocycles. The molecule has 0 bridgehead atoms. The highest BCUT2D eigenvalue weighted by atomic mass is 32.2. The summed E-state index contributed by atoms with van der Waals surface area (Å²) in [5.41, 5.74) is 1.62. The molecule has 0 spiro atoms. The van der Waals surface area contributed by atoms with Crippen LogP contribution in [0, 0.1) is 0 Å². The molecule has 0 unspecified atom stereocenters. The number of sulfonamides is 1. The zero-order chi connectivity index (χ0) is 18.6. The Morgan fingerprint density at radius 1 is 0.885 bits per heavy atom. The van der Waals surface area contributed by atoms with Crippen LogP contribution in [-0.2, 0) is 14.8 Å². The lowest BCUT2D eigenvalue weighted by Gasteiger charge is -2.09. The number of nitrogens with one attached hydrogen (secondary N) is 2. The number of nitrogens with zero attached hydrogens (tertiary/aromatic N) is 2. The third-order valence-electron chi connectivity index (χ3n) is 3.42. The summed E-state index contributed by atoms with van der Waals surface area (Å²) in [6, 6.07) is 15.2. The fourth-order valence-electron chi connectivity index (χ4n) is 2.25. The second-order valence-electron chi connectivity index (χ2n) is 5.47. The first kappa shape index (κ1) is 17.6. The number of carbonyl (C=O) groups is 1. The van der Waals surface area contributed by atoms with Gasteiger partial charge in [0.1, 0.15) is 0 Å². The van der Waals surface area contributed by atoms with Crippen molar-refractivity contribution in [1.29, 1.82) is 0 Å². The summed E-state index contributed by atoms with van der Waals surface area (Å²) in [6.07, 6.45) is 2.83. The van der Waals surface area contributed by atoms with E-state index in [0.29, 0.717) is 11.5 Å². The molecule has 1 aromatic heterocycles. The summed E-state index contributed by atoms with van der Waals surface area (Å²) < 4.78 is 27.3. The number of hydrogen-bond donors (Lipinski definition) is 2. The zero-order valence-electron chi connectivity index (χ0n) is 13.9. The first-order chi connectivity index (χ1) is 12.4. The molecule has 1 amide bonds. The van der Waals surface area contributed by atoms with Crippen molar-refractivity contribution in [1.82, 2.24) is 9.97 Å². The number of amides is 1. The predicted molar refractivity (Wildman–Crippen MR) is 99.0 cm³/mol. The Balaban J connectivity index is 1.76. The van der Waals surface area contributed by atoms with Crippen LogP contribution in [0.3, 0.4) is 0 Å². The van der Waals surface area contributed by atoms with Gasteiger partial charge in [-0.1, -0.05) is 30.3 Å². The first-order valence-corrected chi connectivity index (χ1v) is 9.20. The van der Waals surface area contributed by atoms with Crippen molar-refractivity contribution in [3.05, 3.63) is 67.0 Å². The highest BCUT2D eigenvalue weighted by Crippen LogP contribution is 2.19. The zero-order valence-corrected chi connectivity index (χ0v) is 14.7. The molecule has 3 rings (SSSR count). The van der Waals surface area contributed by atoms with Crippen LogP contribution in [0.4, 0.5) is 11.4 Å². The standard InChI is InChI=1S/C18H16N4O3S/c1-13(23)21-15-7-9-17(10-8-15)26(24,25)22-16-11-19-18(20-12-16)14-5-3-2-4-6-14/h2-12,22H,1H3,(H,21,23). The van der Waals surface area contributed by atoms with Crippen LogP contribution in [0.5, 0.6) is 0 Å². The maximum absolute atomic E-state index is 12.4. The quantitative estimate of drug-likeness (QED) is 0.721. The van der Waals surface area contributed by atoms with Gasteiger partial charge >= 0.3 is 0 Å². The van der Waals surface area contributed by atoms with E-state index in [1.54, 1.807) is 0 Å². The summed E-state index contributed by atoms with van der Waals surface area (Å²) in [7, 11) is -3.78. The molecule has 8 heteroatoms. The van der Waals surface area contributed by atoms with Crippen molar-refractivity contribution in [3.8, 4) is 11.4 Å². The Kier molecular flexibility index (Phi) is 4.94. The SMILES string of the molecule is CC(=O)Nc1ccc(S(=O)(=O)Nc2cnc(-c3ccccc3)nc2)cc1. The molecule has 0 aliphatic carbocycles. The molecule has 0 fully saturated rings. The molecule has 0 aliphatic heterocycles. The summed E-state index contributed by atoms with van der Waals surface area (Å²) in [4.78, 5) is 19.5. The topological polar surface area (TPSA) is 101 Å². The van der Waals surface area contributed by atoms with Crippen molar-refractivity contribution in [2.45, 2.75) is 11.8 Å². The van der Waals surface area contributed by atoms with Crippen LogP contribution in [0.25, 0.3) is 11.4 Å². The van der Waals surface area contributed by atoms with Gasteiger partial charge in [0, 0.05) is 18.2 Å². The second kappa shape index (κ2) is 7.32. The van der Waals surface area contributed by atoms with Gasteiger partial charge in [-0.15, -0.1) is 0 Å². The van der Waals surface area contributed by atoms with Crippen LogP contribution in [0.1, 0.15) is 6.92 Å². The lowest BCUT2D eigenvalue weighted by molar-refractivity contribution is -0.114. The van der Waals surface area contributed by atoms with Crippen molar-refractivity contribution < 1.29 is 13.2 Å².